The van der Waals surface area contributed by atoms with Crippen LogP contribution in [0.1, 0.15) is 31.5 Å². The third kappa shape index (κ3) is 4.82. The van der Waals surface area contributed by atoms with E-state index < -0.39 is 0 Å². The first kappa shape index (κ1) is 19.2. The van der Waals surface area contributed by atoms with Gasteiger partial charge >= 0.3 is 0 Å². The highest BCUT2D eigenvalue weighted by Gasteiger charge is 2.24. The summed E-state index contributed by atoms with van der Waals surface area (Å²) in [6.45, 7) is 4.37. The SMILES string of the molecule is Cc1nc(Nc2ccc(NC(=O)C3CCC(=O)NC3)cc2)cc(N2CCCC2)n1. The van der Waals surface area contributed by atoms with Crippen molar-refractivity contribution in [2.45, 2.75) is 32.6 Å². The molecule has 0 bridgehead atoms. The maximum Gasteiger partial charge on any atom is 0.229 e. The van der Waals surface area contributed by atoms with Crippen LogP contribution in [0.15, 0.2) is 30.3 Å². The molecular formula is C21H26N6O2. The maximum atomic E-state index is 12.4. The molecule has 2 aromatic rings. The van der Waals surface area contributed by atoms with Crippen LogP contribution in [-0.2, 0) is 9.59 Å². The van der Waals surface area contributed by atoms with Gasteiger partial charge in [-0.1, -0.05) is 0 Å². The van der Waals surface area contributed by atoms with E-state index in [1.807, 2.05) is 37.3 Å². The van der Waals surface area contributed by atoms with Gasteiger partial charge in [-0.2, -0.15) is 0 Å². The van der Waals surface area contributed by atoms with Crippen LogP contribution in [0.25, 0.3) is 0 Å². The van der Waals surface area contributed by atoms with E-state index in [-0.39, 0.29) is 17.7 Å². The molecule has 2 amide bonds. The second-order valence-electron chi connectivity index (χ2n) is 7.58. The van der Waals surface area contributed by atoms with Gasteiger partial charge in [0.05, 0.1) is 5.92 Å². The van der Waals surface area contributed by atoms with Crippen molar-refractivity contribution in [3.8, 4) is 0 Å². The number of nitrogens with one attached hydrogen (secondary N) is 3. The van der Waals surface area contributed by atoms with E-state index in [0.717, 1.165) is 41.9 Å². The molecule has 1 unspecified atom stereocenters. The van der Waals surface area contributed by atoms with Crippen LogP contribution in [0, 0.1) is 12.8 Å². The van der Waals surface area contributed by atoms with Gasteiger partial charge in [0, 0.05) is 43.5 Å². The van der Waals surface area contributed by atoms with E-state index in [4.69, 9.17) is 0 Å². The average molecular weight is 394 g/mol. The standard InChI is InChI=1S/C21H26N6O2/c1-14-23-18(12-19(24-14)27-10-2-3-11-27)25-16-5-7-17(8-6-16)26-21(29)15-4-9-20(28)22-13-15/h5-8,12,15H,2-4,9-11,13H2,1H3,(H,22,28)(H,26,29)(H,23,24,25). The van der Waals surface area contributed by atoms with Gasteiger partial charge in [-0.05, 0) is 50.5 Å². The van der Waals surface area contributed by atoms with Crippen LogP contribution in [0.3, 0.4) is 0 Å². The molecule has 0 aliphatic carbocycles. The number of benzene rings is 1. The number of rotatable bonds is 5. The van der Waals surface area contributed by atoms with Crippen molar-refractivity contribution in [3.63, 3.8) is 0 Å². The molecule has 2 aliphatic heterocycles. The maximum absolute atomic E-state index is 12.4. The molecule has 3 N–H and O–H groups in total. The second-order valence-corrected chi connectivity index (χ2v) is 7.58. The zero-order chi connectivity index (χ0) is 20.2. The fourth-order valence-electron chi connectivity index (χ4n) is 3.71. The van der Waals surface area contributed by atoms with Crippen LogP contribution in [0.5, 0.6) is 0 Å². The summed E-state index contributed by atoms with van der Waals surface area (Å²) in [5, 5.41) is 8.98. The Morgan fingerprint density at radius 1 is 1.14 bits per heavy atom. The lowest BCUT2D eigenvalue weighted by Crippen LogP contribution is -2.40. The van der Waals surface area contributed by atoms with Crippen LogP contribution >= 0.6 is 0 Å². The molecule has 1 atom stereocenters. The topological polar surface area (TPSA) is 99.2 Å². The molecule has 1 aromatic carbocycles. The monoisotopic (exact) mass is 394 g/mol. The number of piperidine rings is 1. The molecule has 1 aromatic heterocycles. The Balaban J connectivity index is 1.38. The van der Waals surface area contributed by atoms with Crippen molar-refractivity contribution in [1.82, 2.24) is 15.3 Å². The molecule has 3 heterocycles. The van der Waals surface area contributed by atoms with Crippen molar-refractivity contribution in [2.24, 2.45) is 5.92 Å². The van der Waals surface area contributed by atoms with Crippen LogP contribution < -0.4 is 20.9 Å². The van der Waals surface area contributed by atoms with E-state index in [0.29, 0.717) is 19.4 Å². The molecule has 29 heavy (non-hydrogen) atoms. The zero-order valence-corrected chi connectivity index (χ0v) is 16.6. The number of carbonyl (C=O) groups is 2. The third-order valence-corrected chi connectivity index (χ3v) is 5.32. The first-order chi connectivity index (χ1) is 14.1. The number of hydrogen-bond donors (Lipinski definition) is 3. The minimum atomic E-state index is -0.182. The molecule has 0 spiro atoms. The van der Waals surface area contributed by atoms with Gasteiger partial charge in [-0.15, -0.1) is 0 Å². The summed E-state index contributed by atoms with van der Waals surface area (Å²) in [5.41, 5.74) is 1.62. The second kappa shape index (κ2) is 8.46. The van der Waals surface area contributed by atoms with E-state index in [9.17, 15) is 9.59 Å². The summed E-state index contributed by atoms with van der Waals surface area (Å²) in [6.07, 6.45) is 3.39. The fraction of sp³-hybridized carbons (Fsp3) is 0.429. The molecule has 2 aliphatic rings. The Hall–Kier alpha value is -3.16. The minimum Gasteiger partial charge on any atom is -0.356 e. The number of nitrogens with zero attached hydrogens (tertiary/aromatic N) is 3. The summed E-state index contributed by atoms with van der Waals surface area (Å²) in [4.78, 5) is 34.9. The summed E-state index contributed by atoms with van der Waals surface area (Å²) in [5.74, 6) is 2.22. The van der Waals surface area contributed by atoms with Gasteiger partial charge in [0.25, 0.3) is 0 Å². The average Bonchev–Trinajstić information content (AvgIpc) is 3.24. The van der Waals surface area contributed by atoms with Gasteiger partial charge in [0.2, 0.25) is 11.8 Å². The summed E-state index contributed by atoms with van der Waals surface area (Å²) >= 11 is 0. The largest absolute Gasteiger partial charge is 0.356 e. The highest BCUT2D eigenvalue weighted by atomic mass is 16.2. The van der Waals surface area contributed by atoms with E-state index in [1.165, 1.54) is 12.8 Å². The lowest BCUT2D eigenvalue weighted by molar-refractivity contribution is -0.126. The van der Waals surface area contributed by atoms with E-state index in [2.05, 4.69) is 30.8 Å². The molecule has 8 nitrogen and oxygen atoms in total. The summed E-state index contributed by atoms with van der Waals surface area (Å²) < 4.78 is 0. The number of aromatic nitrogens is 2. The normalized spacial score (nSPS) is 19.0. The minimum absolute atomic E-state index is 0.0114. The Bertz CT molecular complexity index is 883. The molecule has 8 heteroatoms. The van der Waals surface area contributed by atoms with E-state index in [1.54, 1.807) is 0 Å². The molecule has 0 radical (unpaired) electrons. The van der Waals surface area contributed by atoms with Gasteiger partial charge in [0.1, 0.15) is 17.5 Å². The predicted octanol–water partition coefficient (Wildman–Crippen LogP) is 2.59. The molecule has 4 rings (SSSR count). The van der Waals surface area contributed by atoms with Crippen molar-refractivity contribution in [2.75, 3.05) is 35.2 Å². The molecule has 2 saturated heterocycles. The smallest absolute Gasteiger partial charge is 0.229 e. The van der Waals surface area contributed by atoms with Crippen molar-refractivity contribution >= 4 is 34.8 Å². The predicted molar refractivity (Wildman–Crippen MR) is 112 cm³/mol. The Morgan fingerprint density at radius 2 is 1.86 bits per heavy atom. The molecule has 2 fully saturated rings. The quantitative estimate of drug-likeness (QED) is 0.721. The first-order valence-corrected chi connectivity index (χ1v) is 10.1. The van der Waals surface area contributed by atoms with E-state index >= 15 is 0 Å². The van der Waals surface area contributed by atoms with Crippen molar-refractivity contribution in [1.29, 1.82) is 0 Å². The lowest BCUT2D eigenvalue weighted by atomic mass is 9.98. The highest BCUT2D eigenvalue weighted by Crippen LogP contribution is 2.24. The van der Waals surface area contributed by atoms with Crippen LogP contribution in [0.2, 0.25) is 0 Å². The number of amides is 2. The Labute approximate surface area is 170 Å². The first-order valence-electron chi connectivity index (χ1n) is 10.1. The fourth-order valence-corrected chi connectivity index (χ4v) is 3.71. The summed E-state index contributed by atoms with van der Waals surface area (Å²) in [7, 11) is 0. The van der Waals surface area contributed by atoms with Crippen LogP contribution in [-0.4, -0.2) is 41.4 Å². The Kier molecular flexibility index (Phi) is 5.59. The molecule has 152 valence electrons. The molecule has 0 saturated carbocycles. The number of carbonyl (C=O) groups excluding carboxylic acids is 2. The zero-order valence-electron chi connectivity index (χ0n) is 16.6. The van der Waals surface area contributed by atoms with Crippen molar-refractivity contribution in [3.05, 3.63) is 36.2 Å². The van der Waals surface area contributed by atoms with Gasteiger partial charge in [0.15, 0.2) is 0 Å². The highest BCUT2D eigenvalue weighted by molar-refractivity contribution is 5.94. The van der Waals surface area contributed by atoms with Crippen molar-refractivity contribution < 1.29 is 9.59 Å². The summed E-state index contributed by atoms with van der Waals surface area (Å²) in [6, 6.07) is 9.51. The Morgan fingerprint density at radius 3 is 2.55 bits per heavy atom. The molecular weight excluding hydrogens is 368 g/mol. The number of anilines is 4. The van der Waals surface area contributed by atoms with Crippen LogP contribution in [0.4, 0.5) is 23.0 Å². The van der Waals surface area contributed by atoms with Gasteiger partial charge in [-0.25, -0.2) is 9.97 Å². The van der Waals surface area contributed by atoms with Gasteiger partial charge in [-0.3, -0.25) is 9.59 Å². The van der Waals surface area contributed by atoms with Gasteiger partial charge < -0.3 is 20.9 Å². The number of aryl methyl sites for hydroxylation is 1. The third-order valence-electron chi connectivity index (χ3n) is 5.32. The lowest BCUT2D eigenvalue weighted by Gasteiger charge is -2.21. The number of hydrogen-bond acceptors (Lipinski definition) is 6.